The number of halogens is 1. The summed E-state index contributed by atoms with van der Waals surface area (Å²) in [7, 11) is 1.51. The van der Waals surface area contributed by atoms with Crippen LogP contribution in [0.1, 0.15) is 15.9 Å². The van der Waals surface area contributed by atoms with Crippen molar-refractivity contribution in [3.63, 3.8) is 0 Å². The number of nitrogens with zero attached hydrogens (tertiary/aromatic N) is 2. The monoisotopic (exact) mass is 206 g/mol. The lowest BCUT2D eigenvalue weighted by Gasteiger charge is -2.14. The number of carbonyl (C=O) groups excluding carboxylic acids is 1. The van der Waals surface area contributed by atoms with Gasteiger partial charge in [0, 0.05) is 12.6 Å². The van der Waals surface area contributed by atoms with Crippen LogP contribution in [-0.4, -0.2) is 24.4 Å². The molecule has 78 valence electrons. The van der Waals surface area contributed by atoms with Crippen molar-refractivity contribution in [2.45, 2.75) is 6.92 Å². The minimum absolute atomic E-state index is 0.00517. The van der Waals surface area contributed by atoms with Gasteiger partial charge in [-0.25, -0.2) is 4.39 Å². The van der Waals surface area contributed by atoms with Gasteiger partial charge in [0.2, 0.25) is 0 Å². The number of amides is 1. The van der Waals surface area contributed by atoms with Gasteiger partial charge < -0.3 is 4.90 Å². The Hall–Kier alpha value is -1.89. The third-order valence-electron chi connectivity index (χ3n) is 2.08. The van der Waals surface area contributed by atoms with Gasteiger partial charge in [-0.2, -0.15) is 5.26 Å². The molecule has 0 atom stereocenters. The molecule has 0 aliphatic carbocycles. The fraction of sp³-hybridized carbons (Fsp3) is 0.273. The average Bonchev–Trinajstić information content (AvgIpc) is 2.21. The van der Waals surface area contributed by atoms with Crippen LogP contribution >= 0.6 is 0 Å². The maximum Gasteiger partial charge on any atom is 0.254 e. The zero-order chi connectivity index (χ0) is 11.4. The number of rotatable bonds is 2. The van der Waals surface area contributed by atoms with E-state index >= 15 is 0 Å². The van der Waals surface area contributed by atoms with E-state index in [0.29, 0.717) is 11.1 Å². The summed E-state index contributed by atoms with van der Waals surface area (Å²) in [5, 5.41) is 8.44. The van der Waals surface area contributed by atoms with Gasteiger partial charge in [-0.15, -0.1) is 0 Å². The average molecular weight is 206 g/mol. The molecule has 0 bridgehead atoms. The van der Waals surface area contributed by atoms with Crippen LogP contribution in [0.3, 0.4) is 0 Å². The molecule has 15 heavy (non-hydrogen) atoms. The molecule has 3 nitrogen and oxygen atoms in total. The molecule has 0 radical (unpaired) electrons. The summed E-state index contributed by atoms with van der Waals surface area (Å²) in [6, 6.07) is 5.90. The van der Waals surface area contributed by atoms with Crippen molar-refractivity contribution in [2.75, 3.05) is 13.6 Å². The minimum atomic E-state index is -0.450. The van der Waals surface area contributed by atoms with Gasteiger partial charge in [-0.3, -0.25) is 4.79 Å². The fourth-order valence-electron chi connectivity index (χ4n) is 1.21. The van der Waals surface area contributed by atoms with Gasteiger partial charge in [-0.05, 0) is 24.6 Å². The first-order valence-electron chi connectivity index (χ1n) is 4.45. The summed E-state index contributed by atoms with van der Waals surface area (Å²) in [4.78, 5) is 13.0. The standard InChI is InChI=1S/C11H11FN2O/c1-8-3-4-9(12)7-10(8)11(15)14(2)6-5-13/h3-4,7H,6H2,1-2H3. The van der Waals surface area contributed by atoms with Gasteiger partial charge in [0.25, 0.3) is 5.91 Å². The third kappa shape index (κ3) is 2.53. The number of hydrogen-bond donors (Lipinski definition) is 0. The van der Waals surface area contributed by atoms with Gasteiger partial charge in [-0.1, -0.05) is 6.07 Å². The molecule has 0 fully saturated rings. The van der Waals surface area contributed by atoms with Crippen LogP contribution in [0.25, 0.3) is 0 Å². The first kappa shape index (κ1) is 11.2. The van der Waals surface area contributed by atoms with Crippen LogP contribution in [0.2, 0.25) is 0 Å². The zero-order valence-corrected chi connectivity index (χ0v) is 8.62. The molecule has 1 aromatic rings. The summed E-state index contributed by atoms with van der Waals surface area (Å²) < 4.78 is 12.9. The second-order valence-corrected chi connectivity index (χ2v) is 3.28. The lowest BCUT2D eigenvalue weighted by atomic mass is 10.1. The van der Waals surface area contributed by atoms with E-state index in [1.165, 1.54) is 24.1 Å². The smallest absolute Gasteiger partial charge is 0.254 e. The van der Waals surface area contributed by atoms with E-state index in [1.54, 1.807) is 13.0 Å². The highest BCUT2D eigenvalue weighted by Crippen LogP contribution is 2.12. The van der Waals surface area contributed by atoms with Crippen molar-refractivity contribution in [1.82, 2.24) is 4.90 Å². The summed E-state index contributed by atoms with van der Waals surface area (Å²) in [5.74, 6) is -0.789. The molecule has 0 saturated carbocycles. The summed E-state index contributed by atoms with van der Waals surface area (Å²) in [5.41, 5.74) is 0.999. The number of aryl methyl sites for hydroxylation is 1. The van der Waals surface area contributed by atoms with E-state index in [9.17, 15) is 9.18 Å². The second-order valence-electron chi connectivity index (χ2n) is 3.28. The molecule has 1 aromatic carbocycles. The molecule has 0 spiro atoms. The largest absolute Gasteiger partial charge is 0.328 e. The molecule has 1 rings (SSSR count). The Morgan fingerprint density at radius 1 is 1.60 bits per heavy atom. The quantitative estimate of drug-likeness (QED) is 0.691. The lowest BCUT2D eigenvalue weighted by molar-refractivity contribution is 0.0811. The molecule has 0 heterocycles. The Morgan fingerprint density at radius 3 is 2.87 bits per heavy atom. The molecule has 0 N–H and O–H groups in total. The normalized spacial score (nSPS) is 9.47. The fourth-order valence-corrected chi connectivity index (χ4v) is 1.21. The maximum atomic E-state index is 12.9. The highest BCUT2D eigenvalue weighted by Gasteiger charge is 2.14. The number of hydrogen-bond acceptors (Lipinski definition) is 2. The van der Waals surface area contributed by atoms with Crippen LogP contribution in [0.5, 0.6) is 0 Å². The molecule has 1 amide bonds. The van der Waals surface area contributed by atoms with Crippen LogP contribution in [0.15, 0.2) is 18.2 Å². The van der Waals surface area contributed by atoms with Gasteiger partial charge in [0.05, 0.1) is 6.07 Å². The van der Waals surface area contributed by atoms with Crippen LogP contribution < -0.4 is 0 Å². The summed E-state index contributed by atoms with van der Waals surface area (Å²) in [6.45, 7) is 1.72. The highest BCUT2D eigenvalue weighted by atomic mass is 19.1. The van der Waals surface area contributed by atoms with Gasteiger partial charge in [0.15, 0.2) is 0 Å². The Balaban J connectivity index is 3.01. The Labute approximate surface area is 87.7 Å². The van der Waals surface area contributed by atoms with E-state index in [4.69, 9.17) is 5.26 Å². The van der Waals surface area contributed by atoms with Crippen molar-refractivity contribution < 1.29 is 9.18 Å². The maximum absolute atomic E-state index is 12.9. The molecule has 0 aromatic heterocycles. The molecule has 0 saturated heterocycles. The summed E-state index contributed by atoms with van der Waals surface area (Å²) in [6.07, 6.45) is 0. The number of nitriles is 1. The second kappa shape index (κ2) is 4.56. The van der Waals surface area contributed by atoms with Crippen molar-refractivity contribution in [3.8, 4) is 6.07 Å². The molecule has 0 aliphatic heterocycles. The van der Waals surface area contributed by atoms with Crippen LogP contribution in [-0.2, 0) is 0 Å². The van der Waals surface area contributed by atoms with E-state index in [2.05, 4.69) is 0 Å². The Kier molecular flexibility index (Phi) is 3.40. The van der Waals surface area contributed by atoms with E-state index in [1.807, 2.05) is 6.07 Å². The van der Waals surface area contributed by atoms with Crippen LogP contribution in [0.4, 0.5) is 4.39 Å². The van der Waals surface area contributed by atoms with Crippen LogP contribution in [0, 0.1) is 24.1 Å². The predicted molar refractivity (Wildman–Crippen MR) is 53.7 cm³/mol. The lowest BCUT2D eigenvalue weighted by Crippen LogP contribution is -2.27. The zero-order valence-electron chi connectivity index (χ0n) is 8.62. The Bertz CT molecular complexity index is 423. The van der Waals surface area contributed by atoms with Gasteiger partial charge in [0.1, 0.15) is 12.4 Å². The van der Waals surface area contributed by atoms with Crippen molar-refractivity contribution in [2.24, 2.45) is 0 Å². The van der Waals surface area contributed by atoms with E-state index in [0.717, 1.165) is 0 Å². The third-order valence-corrected chi connectivity index (χ3v) is 2.08. The molecule has 0 aliphatic rings. The molecular formula is C11H11FN2O. The molecule has 4 heteroatoms. The first-order valence-corrected chi connectivity index (χ1v) is 4.45. The Morgan fingerprint density at radius 2 is 2.27 bits per heavy atom. The number of benzene rings is 1. The number of carbonyl (C=O) groups is 1. The highest BCUT2D eigenvalue weighted by molar-refractivity contribution is 5.95. The SMILES string of the molecule is Cc1ccc(F)cc1C(=O)N(C)CC#N. The molecule has 0 unspecified atom stereocenters. The van der Waals surface area contributed by atoms with Crippen molar-refractivity contribution >= 4 is 5.91 Å². The van der Waals surface area contributed by atoms with E-state index in [-0.39, 0.29) is 12.5 Å². The van der Waals surface area contributed by atoms with Crippen molar-refractivity contribution in [3.05, 3.63) is 35.1 Å². The van der Waals surface area contributed by atoms with Gasteiger partial charge >= 0.3 is 0 Å². The summed E-state index contributed by atoms with van der Waals surface area (Å²) >= 11 is 0. The predicted octanol–water partition coefficient (Wildman–Crippen LogP) is 1.73. The minimum Gasteiger partial charge on any atom is -0.328 e. The van der Waals surface area contributed by atoms with E-state index < -0.39 is 5.82 Å². The van der Waals surface area contributed by atoms with Crippen molar-refractivity contribution in [1.29, 1.82) is 5.26 Å². The first-order chi connectivity index (χ1) is 7.06. The topological polar surface area (TPSA) is 44.1 Å². The molecular weight excluding hydrogens is 195 g/mol.